The fourth-order valence-corrected chi connectivity index (χ4v) is 45.4. The Morgan fingerprint density at radius 1 is 0.484 bits per heavy atom. The Hall–Kier alpha value is -0.445. The first-order chi connectivity index (χ1) is 28.9. The Kier molecular flexibility index (Phi) is 47.1. The lowest BCUT2D eigenvalue weighted by atomic mass is 10.2. The van der Waals surface area contributed by atoms with Crippen LogP contribution in [-0.4, -0.2) is 165 Å². The van der Waals surface area contributed by atoms with Gasteiger partial charge in [-0.2, -0.15) is 0 Å². The Bertz CT molecular complexity index is 1150. The van der Waals surface area contributed by atoms with Crippen LogP contribution in [0, 0.1) is 0 Å². The molecule has 0 saturated heterocycles. The SMILES string of the molecule is CC[Si](=O)C[Si](CCCNC(=O)CCCCCN(C)C)(C[Si](=O)CC)O[Si](C)(C)C.CC[Si](=O)C[Si](CCCNC(=O)CCCCCN(C)C)(C[Si](=O)CC)O[Si](C)(C)C.O.O.OO. The highest BCUT2D eigenvalue weighted by atomic mass is 28.5. The molecular weight excluding hydrogens is 953 g/mol. The number of nitrogens with one attached hydrogen (secondary N) is 2. The molecule has 0 aromatic carbocycles. The van der Waals surface area contributed by atoms with Gasteiger partial charge in [0.25, 0.3) is 34.7 Å². The number of unbranched alkanes of at least 4 members (excludes halogenated alkanes) is 4. The number of carbonyl (C=O) groups excluding carboxylic acids is 2. The lowest BCUT2D eigenvalue weighted by Gasteiger charge is -2.37. The summed E-state index contributed by atoms with van der Waals surface area (Å²) < 4.78 is 63.5. The van der Waals surface area contributed by atoms with E-state index in [-0.39, 0.29) is 22.8 Å². The second kappa shape index (κ2) is 41.5. The third-order valence-corrected chi connectivity index (χ3v) is 40.6. The topological polar surface area (TPSA) is 255 Å². The predicted octanol–water partition coefficient (Wildman–Crippen LogP) is 7.12. The van der Waals surface area contributed by atoms with Crippen molar-refractivity contribution in [1.29, 1.82) is 0 Å². The van der Waals surface area contributed by atoms with E-state index in [1.165, 1.54) is 0 Å². The van der Waals surface area contributed by atoms with Crippen molar-refractivity contribution in [3.63, 3.8) is 0 Å². The first-order valence-corrected chi connectivity index (χ1v) is 42.5. The summed E-state index contributed by atoms with van der Waals surface area (Å²) >= 11 is 0. The molecule has 64 heavy (non-hydrogen) atoms. The summed E-state index contributed by atoms with van der Waals surface area (Å²) in [6, 6.07) is 4.43. The molecule has 24 heteroatoms. The van der Waals surface area contributed by atoms with Crippen LogP contribution in [-0.2, 0) is 35.7 Å². The highest BCUT2D eigenvalue weighted by molar-refractivity contribution is 6.94. The molecule has 382 valence electrons. The van der Waals surface area contributed by atoms with Crippen molar-refractivity contribution in [3.8, 4) is 0 Å². The molecule has 0 spiro atoms. The minimum Gasteiger partial charge on any atom is -0.455 e. The van der Waals surface area contributed by atoms with Crippen LogP contribution in [0.15, 0.2) is 0 Å². The zero-order chi connectivity index (χ0) is 48.4. The molecule has 0 bridgehead atoms. The van der Waals surface area contributed by atoms with Crippen molar-refractivity contribution >= 4 is 79.8 Å². The van der Waals surface area contributed by atoms with Gasteiger partial charge in [-0.15, -0.1) is 0 Å². The molecule has 0 aromatic rings. The number of hydrogen-bond donors (Lipinski definition) is 4. The molecule has 0 aliphatic rings. The first kappa shape index (κ1) is 72.5. The van der Waals surface area contributed by atoms with Gasteiger partial charge in [-0.1, -0.05) is 40.5 Å². The quantitative estimate of drug-likeness (QED) is 0.0212. The predicted molar refractivity (Wildman–Crippen MR) is 279 cm³/mol. The molecule has 0 rings (SSSR count). The van der Waals surface area contributed by atoms with Crippen LogP contribution >= 0.6 is 0 Å². The van der Waals surface area contributed by atoms with E-state index in [4.69, 9.17) is 18.7 Å². The number of rotatable bonds is 36. The summed E-state index contributed by atoms with van der Waals surface area (Å²) in [4.78, 5) is 28.6. The Balaban J connectivity index is -0.000000339. The van der Waals surface area contributed by atoms with Gasteiger partial charge in [-0.25, -0.2) is 0 Å². The largest absolute Gasteiger partial charge is 0.455 e. The van der Waals surface area contributed by atoms with Gasteiger partial charge in [0, 0.05) is 48.6 Å². The van der Waals surface area contributed by atoms with Crippen LogP contribution in [0.4, 0.5) is 0 Å². The second-order valence-electron chi connectivity index (χ2n) is 19.2. The van der Waals surface area contributed by atoms with E-state index in [0.29, 0.717) is 72.8 Å². The summed E-state index contributed by atoms with van der Waals surface area (Å²) in [5.74, 6) is 0.227. The van der Waals surface area contributed by atoms with Gasteiger partial charge in [0.05, 0.1) is 0 Å². The van der Waals surface area contributed by atoms with E-state index >= 15 is 0 Å². The van der Waals surface area contributed by atoms with E-state index in [9.17, 15) is 27.4 Å². The third kappa shape index (κ3) is 44.1. The number of amides is 2. The minimum atomic E-state index is -2.35. The van der Waals surface area contributed by atoms with Gasteiger partial charge in [0.2, 0.25) is 11.8 Å². The summed E-state index contributed by atoms with van der Waals surface area (Å²) in [6.45, 7) is 24.2. The molecule has 16 nitrogen and oxygen atoms in total. The molecule has 0 aliphatic heterocycles. The first-order valence-electron chi connectivity index (χ1n) is 23.4. The van der Waals surface area contributed by atoms with Gasteiger partial charge in [0.15, 0.2) is 33.3 Å². The van der Waals surface area contributed by atoms with Crippen LogP contribution < -0.4 is 10.6 Å². The van der Waals surface area contributed by atoms with E-state index in [1.807, 2.05) is 27.7 Å². The summed E-state index contributed by atoms with van der Waals surface area (Å²) in [5.41, 5.74) is 2.59. The van der Waals surface area contributed by atoms with Gasteiger partial charge in [-0.05, 0) is 155 Å². The van der Waals surface area contributed by atoms with Crippen LogP contribution in [0.1, 0.15) is 91.9 Å². The fourth-order valence-electron chi connectivity index (χ4n) is 7.20. The Morgan fingerprint density at radius 3 is 0.969 bits per heavy atom. The summed E-state index contributed by atoms with van der Waals surface area (Å²) in [7, 11) is -6.87. The minimum absolute atomic E-state index is 0. The summed E-state index contributed by atoms with van der Waals surface area (Å²) in [5, 5.41) is 18.1. The van der Waals surface area contributed by atoms with Gasteiger partial charge >= 0.3 is 0 Å². The lowest BCUT2D eigenvalue weighted by Crippen LogP contribution is -2.50. The third-order valence-electron chi connectivity index (χ3n) is 9.98. The molecule has 0 unspecified atom stereocenters. The summed E-state index contributed by atoms with van der Waals surface area (Å²) in [6.07, 6.45) is 9.03. The maximum atomic E-state index is 12.5. The van der Waals surface area contributed by atoms with Crippen molar-refractivity contribution in [1.82, 2.24) is 20.4 Å². The van der Waals surface area contributed by atoms with E-state index in [1.54, 1.807) is 0 Å². The zero-order valence-electron chi connectivity index (χ0n) is 43.0. The maximum absolute atomic E-state index is 12.5. The van der Waals surface area contributed by atoms with Gasteiger partial charge in [-0.3, -0.25) is 20.1 Å². The lowest BCUT2D eigenvalue weighted by molar-refractivity contribution is -0.176. The molecule has 0 fully saturated rings. The highest BCUT2D eigenvalue weighted by Crippen LogP contribution is 2.31. The monoisotopic (exact) mass is 1050 g/mol. The second-order valence-corrected chi connectivity index (χ2v) is 47.8. The number of hydrogen-bond acceptors (Lipinski definition) is 12. The van der Waals surface area contributed by atoms with Crippen molar-refractivity contribution in [2.75, 3.05) is 54.4 Å². The van der Waals surface area contributed by atoms with Gasteiger partial charge in [0.1, 0.15) is 0 Å². The number of carbonyl (C=O) groups is 2. The standard InChI is InChI=1S/2C20H46N2O4Si4.H2O2.2H2O/c2*1-8-27(24)18-30(19-28(25)9-2,26-29(5,6)7)17-13-15-21-20(23)14-11-10-12-16-22(3)4;1-2;;/h2*8-19H2,1-7H3,(H,21,23);1-2H;2*1H2. The molecule has 2 amide bonds. The molecule has 0 saturated carbocycles. The smallest absolute Gasteiger partial charge is 0.275 e. The molecule has 0 atom stereocenters. The highest BCUT2D eigenvalue weighted by Gasteiger charge is 2.43. The maximum Gasteiger partial charge on any atom is 0.275 e. The van der Waals surface area contributed by atoms with E-state index in [2.05, 4.69) is 87.9 Å². The average molecular weight is 1050 g/mol. The zero-order valence-corrected chi connectivity index (χ0v) is 51.0. The van der Waals surface area contributed by atoms with Crippen molar-refractivity contribution in [3.05, 3.63) is 0 Å². The molecule has 0 aliphatic carbocycles. The molecular formula is C40H98N4O12Si8. The van der Waals surface area contributed by atoms with Crippen LogP contribution in [0.25, 0.3) is 0 Å². The van der Waals surface area contributed by atoms with Crippen LogP contribution in [0.5, 0.6) is 0 Å². The number of nitrogens with zero attached hydrogens (tertiary/aromatic N) is 2. The van der Waals surface area contributed by atoms with E-state index < -0.39 is 68.0 Å². The van der Waals surface area contributed by atoms with Crippen LogP contribution in [0.2, 0.25) is 98.2 Å². The normalized spacial score (nSPS) is 11.6. The molecule has 8 N–H and O–H groups in total. The van der Waals surface area contributed by atoms with Crippen molar-refractivity contribution < 1.29 is 57.1 Å². The Labute approximate surface area is 399 Å². The molecule has 0 aromatic heterocycles. The molecule has 0 heterocycles. The van der Waals surface area contributed by atoms with Crippen LogP contribution in [0.3, 0.4) is 0 Å². The fraction of sp³-hybridized carbons (Fsp3) is 0.950. The van der Waals surface area contributed by atoms with Gasteiger partial charge < -0.3 is 57.5 Å². The van der Waals surface area contributed by atoms with Crippen molar-refractivity contribution in [2.45, 2.75) is 190 Å². The Morgan fingerprint density at radius 2 is 0.750 bits per heavy atom. The van der Waals surface area contributed by atoms with Crippen molar-refractivity contribution in [2.24, 2.45) is 0 Å². The van der Waals surface area contributed by atoms with E-state index in [0.717, 1.165) is 76.5 Å². The molecule has 0 radical (unpaired) electrons. The average Bonchev–Trinajstić information content (AvgIpc) is 3.17.